The summed E-state index contributed by atoms with van der Waals surface area (Å²) in [4.78, 5) is 8.89. The molecule has 29 heavy (non-hydrogen) atoms. The molecule has 0 bridgehead atoms. The van der Waals surface area contributed by atoms with E-state index in [4.69, 9.17) is 18.9 Å². The lowest BCUT2D eigenvalue weighted by Crippen LogP contribution is -2.04. The summed E-state index contributed by atoms with van der Waals surface area (Å²) in [5, 5.41) is 20.4. The molecule has 160 valence electrons. The molecule has 0 spiro atoms. The number of aromatic hydroxyl groups is 1. The highest BCUT2D eigenvalue weighted by Crippen LogP contribution is 2.40. The highest BCUT2D eigenvalue weighted by atomic mass is 17.2. The molecule has 1 atom stereocenters. The van der Waals surface area contributed by atoms with Gasteiger partial charge in [0.1, 0.15) is 0 Å². The molecule has 1 aliphatic heterocycles. The topological polar surface area (TPSA) is 95.8 Å². The second-order valence-electron chi connectivity index (χ2n) is 6.18. The zero-order valence-corrected chi connectivity index (χ0v) is 17.1. The first-order valence-electron chi connectivity index (χ1n) is 9.12. The van der Waals surface area contributed by atoms with E-state index in [0.717, 1.165) is 25.2 Å². The van der Waals surface area contributed by atoms with Crippen molar-refractivity contribution < 1.29 is 38.9 Å². The standard InChI is InChI=1S/C18H22O6.C3H6O2/c1-21-15-6-5-11(8-14(15)20)7-13(19)12-9-16(22-2)18(24-4)17(10-12)23-3;1-2-4-5-3-1/h5-6,8-10,13,19-20H,7H2,1-4H3;1-3H2/t13-;/m1./s1. The van der Waals surface area contributed by atoms with Crippen LogP contribution in [0.3, 0.4) is 0 Å². The van der Waals surface area contributed by atoms with Gasteiger partial charge in [-0.1, -0.05) is 6.07 Å². The highest BCUT2D eigenvalue weighted by Gasteiger charge is 2.18. The van der Waals surface area contributed by atoms with Gasteiger partial charge in [0.15, 0.2) is 23.0 Å². The third-order valence-electron chi connectivity index (χ3n) is 4.28. The molecule has 0 amide bonds. The monoisotopic (exact) mass is 408 g/mol. The van der Waals surface area contributed by atoms with Gasteiger partial charge in [0.2, 0.25) is 5.75 Å². The van der Waals surface area contributed by atoms with E-state index in [9.17, 15) is 10.2 Å². The predicted octanol–water partition coefficient (Wildman–Crippen LogP) is 3.04. The van der Waals surface area contributed by atoms with Gasteiger partial charge in [0, 0.05) is 12.8 Å². The molecule has 1 heterocycles. The van der Waals surface area contributed by atoms with E-state index >= 15 is 0 Å². The molecule has 2 aromatic rings. The van der Waals surface area contributed by atoms with Crippen LogP contribution in [-0.4, -0.2) is 51.9 Å². The maximum atomic E-state index is 10.5. The Bertz CT molecular complexity index is 741. The van der Waals surface area contributed by atoms with Crippen LogP contribution in [0.1, 0.15) is 23.7 Å². The first-order valence-corrected chi connectivity index (χ1v) is 9.12. The van der Waals surface area contributed by atoms with Crippen molar-refractivity contribution >= 4 is 0 Å². The lowest BCUT2D eigenvalue weighted by molar-refractivity contribution is -0.248. The summed E-state index contributed by atoms with van der Waals surface area (Å²) in [6, 6.07) is 8.43. The van der Waals surface area contributed by atoms with Crippen LogP contribution >= 0.6 is 0 Å². The van der Waals surface area contributed by atoms with Crippen molar-refractivity contribution in [2.24, 2.45) is 0 Å². The lowest BCUT2D eigenvalue weighted by atomic mass is 10.00. The summed E-state index contributed by atoms with van der Waals surface area (Å²) in [5.41, 5.74) is 1.40. The summed E-state index contributed by atoms with van der Waals surface area (Å²) in [6.45, 7) is 1.56. The molecule has 1 aliphatic rings. The van der Waals surface area contributed by atoms with Gasteiger partial charge in [-0.25, -0.2) is 9.78 Å². The van der Waals surface area contributed by atoms with E-state index in [-0.39, 0.29) is 5.75 Å². The van der Waals surface area contributed by atoms with Crippen LogP contribution < -0.4 is 18.9 Å². The molecule has 8 nitrogen and oxygen atoms in total. The van der Waals surface area contributed by atoms with Crippen LogP contribution in [0.5, 0.6) is 28.7 Å². The Kier molecular flexibility index (Phi) is 8.85. The van der Waals surface area contributed by atoms with Crippen molar-refractivity contribution in [3.8, 4) is 28.7 Å². The van der Waals surface area contributed by atoms with E-state index in [1.165, 1.54) is 28.4 Å². The Morgan fingerprint density at radius 2 is 1.45 bits per heavy atom. The smallest absolute Gasteiger partial charge is 0.203 e. The van der Waals surface area contributed by atoms with E-state index < -0.39 is 6.10 Å². The largest absolute Gasteiger partial charge is 0.504 e. The number of aliphatic hydroxyl groups is 1. The fourth-order valence-corrected chi connectivity index (χ4v) is 2.79. The number of hydrogen-bond donors (Lipinski definition) is 2. The van der Waals surface area contributed by atoms with Gasteiger partial charge in [-0.3, -0.25) is 0 Å². The van der Waals surface area contributed by atoms with E-state index in [0.29, 0.717) is 35.0 Å². The number of ether oxygens (including phenoxy) is 4. The maximum Gasteiger partial charge on any atom is 0.203 e. The number of benzene rings is 2. The average Bonchev–Trinajstić information content (AvgIpc) is 3.33. The van der Waals surface area contributed by atoms with Crippen LogP contribution in [0.25, 0.3) is 0 Å². The molecule has 0 radical (unpaired) electrons. The zero-order chi connectivity index (χ0) is 21.2. The Balaban J connectivity index is 0.000000521. The Morgan fingerprint density at radius 3 is 1.86 bits per heavy atom. The number of aliphatic hydroxyl groups excluding tert-OH is 1. The third kappa shape index (κ3) is 6.15. The van der Waals surface area contributed by atoms with Gasteiger partial charge in [-0.2, -0.15) is 0 Å². The molecule has 2 aromatic carbocycles. The van der Waals surface area contributed by atoms with Gasteiger partial charge in [0.05, 0.1) is 47.8 Å². The normalized spacial score (nSPS) is 13.8. The Hall–Kier alpha value is -2.68. The van der Waals surface area contributed by atoms with E-state index in [1.54, 1.807) is 30.3 Å². The second-order valence-corrected chi connectivity index (χ2v) is 6.18. The summed E-state index contributed by atoms with van der Waals surface area (Å²) in [7, 11) is 6.06. The molecular weight excluding hydrogens is 380 g/mol. The van der Waals surface area contributed by atoms with Crippen LogP contribution in [0, 0.1) is 0 Å². The van der Waals surface area contributed by atoms with Crippen LogP contribution in [0.4, 0.5) is 0 Å². The number of phenolic OH excluding ortho intramolecular Hbond substituents is 1. The van der Waals surface area contributed by atoms with Crippen molar-refractivity contribution in [2.45, 2.75) is 18.9 Å². The molecule has 1 saturated heterocycles. The minimum absolute atomic E-state index is 0.0343. The average molecular weight is 408 g/mol. The molecule has 0 unspecified atom stereocenters. The quantitative estimate of drug-likeness (QED) is 0.675. The molecule has 0 aromatic heterocycles. The van der Waals surface area contributed by atoms with E-state index in [2.05, 4.69) is 9.78 Å². The minimum atomic E-state index is -0.800. The molecule has 1 fully saturated rings. The van der Waals surface area contributed by atoms with E-state index in [1.807, 2.05) is 0 Å². The van der Waals surface area contributed by atoms with Gasteiger partial charge >= 0.3 is 0 Å². The van der Waals surface area contributed by atoms with Gasteiger partial charge in [0.25, 0.3) is 0 Å². The van der Waals surface area contributed by atoms with Crippen LogP contribution in [0.15, 0.2) is 30.3 Å². The van der Waals surface area contributed by atoms with Crippen molar-refractivity contribution in [1.29, 1.82) is 0 Å². The Morgan fingerprint density at radius 1 is 0.862 bits per heavy atom. The first kappa shape index (κ1) is 22.6. The highest BCUT2D eigenvalue weighted by molar-refractivity contribution is 5.54. The summed E-state index contributed by atoms with van der Waals surface area (Å²) in [5.74, 6) is 1.85. The second kappa shape index (κ2) is 11.4. The van der Waals surface area contributed by atoms with Crippen molar-refractivity contribution in [1.82, 2.24) is 0 Å². The van der Waals surface area contributed by atoms with Crippen molar-refractivity contribution in [3.63, 3.8) is 0 Å². The molecular formula is C21H28O8. The molecule has 0 aliphatic carbocycles. The summed E-state index contributed by atoms with van der Waals surface area (Å²) >= 11 is 0. The van der Waals surface area contributed by atoms with Gasteiger partial charge in [-0.15, -0.1) is 0 Å². The van der Waals surface area contributed by atoms with Crippen LogP contribution in [0.2, 0.25) is 0 Å². The maximum absolute atomic E-state index is 10.5. The van der Waals surface area contributed by atoms with Crippen LogP contribution in [-0.2, 0) is 16.2 Å². The van der Waals surface area contributed by atoms with Gasteiger partial charge < -0.3 is 29.2 Å². The number of methoxy groups -OCH3 is 4. The van der Waals surface area contributed by atoms with Gasteiger partial charge in [-0.05, 0) is 35.4 Å². The molecule has 0 saturated carbocycles. The molecule has 3 rings (SSSR count). The number of hydrogen-bond acceptors (Lipinski definition) is 8. The SMILES string of the molecule is C1COOC1.COc1ccc(C[C@@H](O)c2cc(OC)c(OC)c(OC)c2)cc1O. The zero-order valence-electron chi connectivity index (χ0n) is 17.1. The first-order chi connectivity index (χ1) is 14.0. The molecule has 8 heteroatoms. The predicted molar refractivity (Wildman–Crippen MR) is 106 cm³/mol. The van der Waals surface area contributed by atoms with Crippen molar-refractivity contribution in [2.75, 3.05) is 41.7 Å². The van der Waals surface area contributed by atoms with Crippen molar-refractivity contribution in [3.05, 3.63) is 41.5 Å². The fraction of sp³-hybridized carbons (Fsp3) is 0.429. The number of rotatable bonds is 7. The Labute approximate surface area is 170 Å². The number of phenols is 1. The lowest BCUT2D eigenvalue weighted by Gasteiger charge is -2.17. The third-order valence-corrected chi connectivity index (χ3v) is 4.28. The summed E-state index contributed by atoms with van der Waals surface area (Å²) < 4.78 is 20.9. The summed E-state index contributed by atoms with van der Waals surface area (Å²) in [6.07, 6.45) is 0.572. The fourth-order valence-electron chi connectivity index (χ4n) is 2.79. The molecule has 2 N–H and O–H groups in total. The minimum Gasteiger partial charge on any atom is -0.504 e.